The van der Waals surface area contributed by atoms with Crippen molar-refractivity contribution in [3.63, 3.8) is 0 Å². The molecule has 2 aromatic rings. The van der Waals surface area contributed by atoms with Gasteiger partial charge in [-0.3, -0.25) is 9.59 Å². The van der Waals surface area contributed by atoms with Crippen molar-refractivity contribution in [3.05, 3.63) is 59.2 Å². The molecule has 4 rings (SSSR count). The monoisotopic (exact) mass is 411 g/mol. The highest BCUT2D eigenvalue weighted by molar-refractivity contribution is 6.46. The number of phenols is 1. The number of rotatable bonds is 6. The molecule has 0 aromatic heterocycles. The fraction of sp³-hybridized carbons (Fsp3) is 0.273. The van der Waals surface area contributed by atoms with Crippen molar-refractivity contribution < 1.29 is 34.0 Å². The van der Waals surface area contributed by atoms with Gasteiger partial charge in [0.05, 0.1) is 11.6 Å². The number of phenolic OH excluding ortho intramolecular Hbond substituents is 1. The summed E-state index contributed by atoms with van der Waals surface area (Å²) in [6, 6.07) is 10.3. The van der Waals surface area contributed by atoms with Crippen molar-refractivity contribution in [1.29, 1.82) is 0 Å². The molecule has 1 saturated heterocycles. The van der Waals surface area contributed by atoms with Gasteiger partial charge >= 0.3 is 0 Å². The second kappa shape index (κ2) is 8.08. The van der Waals surface area contributed by atoms with Crippen LogP contribution in [0.2, 0.25) is 0 Å². The van der Waals surface area contributed by atoms with E-state index in [9.17, 15) is 19.8 Å². The van der Waals surface area contributed by atoms with Gasteiger partial charge in [0.1, 0.15) is 11.5 Å². The van der Waals surface area contributed by atoms with E-state index in [1.54, 1.807) is 37.4 Å². The Bertz CT molecular complexity index is 1030. The molecule has 2 aromatic carbocycles. The van der Waals surface area contributed by atoms with Crippen molar-refractivity contribution in [1.82, 2.24) is 4.90 Å². The largest absolute Gasteiger partial charge is 0.508 e. The summed E-state index contributed by atoms with van der Waals surface area (Å²) in [6.45, 7) is 0.751. The molecular weight excluding hydrogens is 390 g/mol. The summed E-state index contributed by atoms with van der Waals surface area (Å²) in [5.74, 6) is -0.816. The summed E-state index contributed by atoms with van der Waals surface area (Å²) >= 11 is 0. The zero-order valence-electron chi connectivity index (χ0n) is 16.3. The van der Waals surface area contributed by atoms with Crippen molar-refractivity contribution in [3.8, 4) is 17.2 Å². The van der Waals surface area contributed by atoms with Crippen LogP contribution < -0.4 is 9.47 Å². The van der Waals surface area contributed by atoms with Gasteiger partial charge in [-0.05, 0) is 42.3 Å². The van der Waals surface area contributed by atoms with Crippen molar-refractivity contribution in [2.24, 2.45) is 0 Å². The number of Topliss-reactive ketones (excluding diaryl/α,β-unsaturated/α-hetero) is 1. The first kappa shape index (κ1) is 19.8. The SMILES string of the molecule is COCCCN1C(=O)C(=O)/C(=C(\O)c2ccc3c(c2)OCO3)C1c1cccc(O)c1. The lowest BCUT2D eigenvalue weighted by molar-refractivity contribution is -0.140. The molecule has 30 heavy (non-hydrogen) atoms. The highest BCUT2D eigenvalue weighted by Gasteiger charge is 2.46. The van der Waals surface area contributed by atoms with Gasteiger partial charge in [-0.25, -0.2) is 0 Å². The van der Waals surface area contributed by atoms with Crippen molar-refractivity contribution >= 4 is 17.4 Å². The maximum Gasteiger partial charge on any atom is 0.295 e. The Kier molecular flexibility index (Phi) is 5.33. The number of ketones is 1. The maximum atomic E-state index is 12.9. The van der Waals surface area contributed by atoms with Crippen LogP contribution >= 0.6 is 0 Å². The number of fused-ring (bicyclic) bond motifs is 1. The van der Waals surface area contributed by atoms with E-state index >= 15 is 0 Å². The zero-order chi connectivity index (χ0) is 21.3. The first-order chi connectivity index (χ1) is 14.5. The molecule has 0 bridgehead atoms. The number of amides is 1. The van der Waals surface area contributed by atoms with Gasteiger partial charge in [-0.1, -0.05) is 12.1 Å². The number of aliphatic hydroxyl groups is 1. The van der Waals surface area contributed by atoms with Gasteiger partial charge in [0.25, 0.3) is 11.7 Å². The Hall–Kier alpha value is -3.52. The average Bonchev–Trinajstić information content (AvgIpc) is 3.31. The fourth-order valence-corrected chi connectivity index (χ4v) is 3.73. The number of carbonyl (C=O) groups is 2. The van der Waals surface area contributed by atoms with Crippen molar-refractivity contribution in [2.75, 3.05) is 27.1 Å². The third-order valence-electron chi connectivity index (χ3n) is 5.12. The number of benzene rings is 2. The second-order valence-corrected chi connectivity index (χ2v) is 7.00. The summed E-state index contributed by atoms with van der Waals surface area (Å²) in [4.78, 5) is 27.1. The molecule has 8 nitrogen and oxygen atoms in total. The lowest BCUT2D eigenvalue weighted by Gasteiger charge is -2.25. The smallest absolute Gasteiger partial charge is 0.295 e. The van der Waals surface area contributed by atoms with Crippen LogP contribution in [-0.2, 0) is 14.3 Å². The summed E-state index contributed by atoms with van der Waals surface area (Å²) < 4.78 is 15.7. The third-order valence-corrected chi connectivity index (χ3v) is 5.12. The van der Waals surface area contributed by atoms with E-state index in [1.807, 2.05) is 0 Å². The molecule has 2 heterocycles. The van der Waals surface area contributed by atoms with Crippen LogP contribution in [0.15, 0.2) is 48.0 Å². The second-order valence-electron chi connectivity index (χ2n) is 7.00. The van der Waals surface area contributed by atoms with Gasteiger partial charge in [-0.15, -0.1) is 0 Å². The number of likely N-dealkylation sites (tertiary alicyclic amines) is 1. The molecule has 2 aliphatic heterocycles. The lowest BCUT2D eigenvalue weighted by atomic mass is 9.95. The Morgan fingerprint density at radius 3 is 2.73 bits per heavy atom. The summed E-state index contributed by atoms with van der Waals surface area (Å²) in [6.07, 6.45) is 0.517. The van der Waals surface area contributed by atoms with Crippen LogP contribution in [0.25, 0.3) is 5.76 Å². The van der Waals surface area contributed by atoms with Crippen LogP contribution in [0, 0.1) is 0 Å². The normalized spacial score (nSPS) is 19.5. The lowest BCUT2D eigenvalue weighted by Crippen LogP contribution is -2.31. The number of carbonyl (C=O) groups excluding carboxylic acids is 2. The Labute approximate surface area is 172 Å². The molecule has 0 aliphatic carbocycles. The molecule has 2 aliphatic rings. The van der Waals surface area contributed by atoms with Crippen LogP contribution in [0.1, 0.15) is 23.6 Å². The number of methoxy groups -OCH3 is 1. The molecule has 156 valence electrons. The van der Waals surface area contributed by atoms with E-state index in [0.29, 0.717) is 35.7 Å². The molecule has 1 fully saturated rings. The van der Waals surface area contributed by atoms with Crippen LogP contribution in [0.5, 0.6) is 17.2 Å². The topological polar surface area (TPSA) is 106 Å². The quantitative estimate of drug-likeness (QED) is 0.326. The maximum absolute atomic E-state index is 12.9. The Balaban J connectivity index is 1.81. The van der Waals surface area contributed by atoms with E-state index in [2.05, 4.69) is 0 Å². The first-order valence-corrected chi connectivity index (χ1v) is 9.47. The van der Waals surface area contributed by atoms with Gasteiger partial charge in [-0.2, -0.15) is 0 Å². The predicted octanol–water partition coefficient (Wildman–Crippen LogP) is 2.58. The third kappa shape index (κ3) is 3.46. The van der Waals surface area contributed by atoms with Gasteiger partial charge in [0.15, 0.2) is 11.5 Å². The molecule has 2 N–H and O–H groups in total. The molecule has 0 spiro atoms. The number of aliphatic hydroxyl groups excluding tert-OH is 1. The average molecular weight is 411 g/mol. The van der Waals surface area contributed by atoms with Gasteiger partial charge in [0, 0.05) is 25.8 Å². The Morgan fingerprint density at radius 2 is 1.97 bits per heavy atom. The van der Waals surface area contributed by atoms with E-state index in [0.717, 1.165) is 0 Å². The number of aromatic hydroxyl groups is 1. The minimum absolute atomic E-state index is 0.00180. The standard InChI is InChI=1S/C22H21NO7/c1-28-9-3-8-23-19(13-4-2-5-15(24)10-13)18(21(26)22(23)27)20(25)14-6-7-16-17(11-14)30-12-29-16/h2,4-7,10-11,19,24-25H,3,8-9,12H2,1H3/b20-18-. The van der Waals surface area contributed by atoms with Gasteiger partial charge in [0.2, 0.25) is 6.79 Å². The number of hydrogen-bond donors (Lipinski definition) is 2. The Morgan fingerprint density at radius 1 is 1.17 bits per heavy atom. The number of nitrogens with zero attached hydrogens (tertiary/aromatic N) is 1. The molecule has 1 amide bonds. The minimum atomic E-state index is -0.834. The molecule has 1 unspecified atom stereocenters. The summed E-state index contributed by atoms with van der Waals surface area (Å²) in [7, 11) is 1.56. The molecule has 1 atom stereocenters. The fourth-order valence-electron chi connectivity index (χ4n) is 3.73. The summed E-state index contributed by atoms with van der Waals surface area (Å²) in [5, 5.41) is 21.0. The molecule has 8 heteroatoms. The van der Waals surface area contributed by atoms with E-state index in [-0.39, 0.29) is 30.4 Å². The highest BCUT2D eigenvalue weighted by atomic mass is 16.7. The predicted molar refractivity (Wildman–Crippen MR) is 106 cm³/mol. The van der Waals surface area contributed by atoms with E-state index in [1.165, 1.54) is 17.0 Å². The van der Waals surface area contributed by atoms with Crippen LogP contribution in [-0.4, -0.2) is 53.9 Å². The zero-order valence-corrected chi connectivity index (χ0v) is 16.3. The number of ether oxygens (including phenoxy) is 3. The minimum Gasteiger partial charge on any atom is -0.508 e. The number of hydrogen-bond acceptors (Lipinski definition) is 7. The summed E-state index contributed by atoms with van der Waals surface area (Å²) in [5.41, 5.74) is 0.815. The van der Waals surface area contributed by atoms with E-state index < -0.39 is 17.7 Å². The van der Waals surface area contributed by atoms with E-state index in [4.69, 9.17) is 14.2 Å². The van der Waals surface area contributed by atoms with Crippen LogP contribution in [0.3, 0.4) is 0 Å². The van der Waals surface area contributed by atoms with Crippen LogP contribution in [0.4, 0.5) is 0 Å². The van der Waals surface area contributed by atoms with Crippen molar-refractivity contribution in [2.45, 2.75) is 12.5 Å². The molecule has 0 saturated carbocycles. The molecular formula is C22H21NO7. The first-order valence-electron chi connectivity index (χ1n) is 9.47. The highest BCUT2D eigenvalue weighted by Crippen LogP contribution is 2.41. The molecule has 0 radical (unpaired) electrons. The van der Waals surface area contributed by atoms with Gasteiger partial charge < -0.3 is 29.3 Å².